The van der Waals surface area contributed by atoms with Crippen LogP contribution < -0.4 is 0 Å². The van der Waals surface area contributed by atoms with Crippen molar-refractivity contribution in [3.8, 4) is 67.0 Å². The third-order valence-electron chi connectivity index (χ3n) is 15.0. The highest BCUT2D eigenvalue weighted by Gasteiger charge is 2.33. The Morgan fingerprint density at radius 3 is 1.39 bits per heavy atom. The Morgan fingerprint density at radius 1 is 0.212 bits per heavy atom. The smallest absolute Gasteiger partial charge is 0.0722 e. The van der Waals surface area contributed by atoms with Crippen molar-refractivity contribution in [2.75, 3.05) is 0 Å². The Balaban J connectivity index is 1.09. The maximum atomic E-state index is 5.57. The molecule has 0 saturated carbocycles. The number of rotatable bonds is 2. The Hall–Kier alpha value is -8.72. The minimum Gasteiger partial charge on any atom is -0.248 e. The van der Waals surface area contributed by atoms with Crippen LogP contribution in [0.3, 0.4) is 0 Å². The van der Waals surface area contributed by atoms with Gasteiger partial charge >= 0.3 is 0 Å². The number of nitrogens with zero attached hydrogens (tertiary/aromatic N) is 2. The van der Waals surface area contributed by atoms with Gasteiger partial charge in [-0.15, -0.1) is 0 Å². The molecule has 0 aliphatic heterocycles. The molecule has 2 aromatic heterocycles. The molecule has 0 N–H and O–H groups in total. The predicted octanol–water partition coefficient (Wildman–Crippen LogP) is 17.5. The highest BCUT2D eigenvalue weighted by molar-refractivity contribution is 6.35. The van der Waals surface area contributed by atoms with Gasteiger partial charge in [0.2, 0.25) is 0 Å². The monoisotopic (exact) mass is 830 g/mol. The van der Waals surface area contributed by atoms with Crippen LogP contribution in [0.5, 0.6) is 0 Å². The largest absolute Gasteiger partial charge is 0.248 e. The normalized spacial score (nSPS) is 12.5. The molecule has 0 atom stereocenters. The highest BCUT2D eigenvalue weighted by Crippen LogP contribution is 2.60. The van der Waals surface area contributed by atoms with Gasteiger partial charge in [-0.25, -0.2) is 9.97 Å². The molecule has 0 fully saturated rings. The number of aromatic nitrogens is 2. The molecule has 2 heterocycles. The topological polar surface area (TPSA) is 25.8 Å². The second-order valence-electron chi connectivity index (χ2n) is 18.3. The summed E-state index contributed by atoms with van der Waals surface area (Å²) in [5, 5.41) is 19.9. The number of pyridine rings is 2. The molecule has 2 heteroatoms. The Bertz CT molecular complexity index is 4580. The summed E-state index contributed by atoms with van der Waals surface area (Å²) in [4.78, 5) is 11.1. The van der Waals surface area contributed by atoms with Gasteiger partial charge < -0.3 is 0 Å². The Kier molecular flexibility index (Phi) is 6.58. The van der Waals surface area contributed by atoms with Crippen LogP contribution in [0.1, 0.15) is 0 Å². The standard InChI is InChI=1S/C64H34N2/c1-5-15-40-37(13-1)32-52-51-34-49-39(31-50(51)45-19-9-17-43(40)58(45)52)23-26-46-42(49)27-28-48-60(46)64(57-30-25-36-12-4-8-22-55(36)66-57)62-47-20-10-18-44-41-16-6-2-14-38(41)33-53(59(44)47)63(62)61(48)56-29-24-35-11-3-7-21-54(35)65-56/h1-34H. The van der Waals surface area contributed by atoms with E-state index in [9.17, 15) is 0 Å². The average molecular weight is 831 g/mol. The van der Waals surface area contributed by atoms with E-state index in [-0.39, 0.29) is 0 Å². The van der Waals surface area contributed by atoms with Gasteiger partial charge in [-0.1, -0.05) is 158 Å². The molecule has 0 saturated heterocycles. The van der Waals surface area contributed by atoms with Crippen molar-refractivity contribution in [3.05, 3.63) is 206 Å². The first-order valence-electron chi connectivity index (χ1n) is 22.9. The summed E-state index contributed by atoms with van der Waals surface area (Å²) >= 11 is 0. The maximum absolute atomic E-state index is 5.57. The van der Waals surface area contributed by atoms with E-state index in [0.29, 0.717) is 0 Å². The molecule has 0 unspecified atom stereocenters. The molecule has 0 spiro atoms. The van der Waals surface area contributed by atoms with Crippen LogP contribution in [0.25, 0.3) is 164 Å². The SMILES string of the molecule is c1ccc2nc(-c3c4c(c(-c5ccc6ccccc6n5)c5c3ccc3c6cc7c(cc6ccc35)-c3cccc5c3c-7cc3ccccc35)-c3cccc5c3c-4cc3ccccc35)ccc2c1. The molecule has 2 nitrogen and oxygen atoms in total. The number of hydrogen-bond acceptors (Lipinski definition) is 2. The lowest BCUT2D eigenvalue weighted by Crippen LogP contribution is -1.97. The summed E-state index contributed by atoms with van der Waals surface area (Å²) in [6.45, 7) is 0. The molecule has 300 valence electrons. The zero-order valence-electron chi connectivity index (χ0n) is 35.5. The van der Waals surface area contributed by atoms with Gasteiger partial charge in [-0.2, -0.15) is 0 Å². The maximum Gasteiger partial charge on any atom is 0.0722 e. The van der Waals surface area contributed by atoms with Crippen LogP contribution in [-0.2, 0) is 0 Å². The number of hydrogen-bond donors (Lipinski definition) is 0. The van der Waals surface area contributed by atoms with Crippen LogP contribution >= 0.6 is 0 Å². The lowest BCUT2D eigenvalue weighted by Gasteiger charge is -2.22. The van der Waals surface area contributed by atoms with E-state index in [1.165, 1.54) is 120 Å². The quantitative estimate of drug-likeness (QED) is 0.162. The third kappa shape index (κ3) is 4.45. The molecule has 2 aliphatic carbocycles. The fourth-order valence-corrected chi connectivity index (χ4v) is 12.3. The highest BCUT2D eigenvalue weighted by atomic mass is 14.7. The summed E-state index contributed by atoms with van der Waals surface area (Å²) in [6, 6.07) is 76.6. The summed E-state index contributed by atoms with van der Waals surface area (Å²) in [5.74, 6) is 0. The zero-order chi connectivity index (χ0) is 42.8. The van der Waals surface area contributed by atoms with E-state index in [2.05, 4.69) is 206 Å². The summed E-state index contributed by atoms with van der Waals surface area (Å²) in [7, 11) is 0. The molecule has 0 amide bonds. The predicted molar refractivity (Wildman–Crippen MR) is 279 cm³/mol. The van der Waals surface area contributed by atoms with Gasteiger partial charge in [0.25, 0.3) is 0 Å². The van der Waals surface area contributed by atoms with E-state index in [1.54, 1.807) is 0 Å². The van der Waals surface area contributed by atoms with Gasteiger partial charge in [0, 0.05) is 38.4 Å². The van der Waals surface area contributed by atoms with Gasteiger partial charge in [-0.05, 0) is 152 Å². The van der Waals surface area contributed by atoms with E-state index in [4.69, 9.17) is 9.97 Å². The summed E-state index contributed by atoms with van der Waals surface area (Å²) in [5.41, 5.74) is 16.4. The van der Waals surface area contributed by atoms with Gasteiger partial charge in [-0.3, -0.25) is 0 Å². The minimum absolute atomic E-state index is 0.970. The number of para-hydroxylation sites is 2. The van der Waals surface area contributed by atoms with Crippen molar-refractivity contribution in [1.82, 2.24) is 9.97 Å². The van der Waals surface area contributed by atoms with Crippen LogP contribution in [-0.4, -0.2) is 9.97 Å². The lowest BCUT2D eigenvalue weighted by molar-refractivity contribution is 1.40. The average Bonchev–Trinajstić information content (AvgIpc) is 3.87. The van der Waals surface area contributed by atoms with E-state index < -0.39 is 0 Å². The van der Waals surface area contributed by atoms with Crippen molar-refractivity contribution in [1.29, 1.82) is 0 Å². The molecule has 66 heavy (non-hydrogen) atoms. The van der Waals surface area contributed by atoms with E-state index >= 15 is 0 Å². The molecular formula is C64H34N2. The fourth-order valence-electron chi connectivity index (χ4n) is 12.3. The minimum atomic E-state index is 0.970. The first-order chi connectivity index (χ1) is 32.7. The van der Waals surface area contributed by atoms with Crippen LogP contribution in [0.15, 0.2) is 206 Å². The van der Waals surface area contributed by atoms with Crippen molar-refractivity contribution >= 4 is 97.2 Å². The van der Waals surface area contributed by atoms with E-state index in [1.807, 2.05) is 0 Å². The summed E-state index contributed by atoms with van der Waals surface area (Å²) in [6.07, 6.45) is 0. The van der Waals surface area contributed by atoms with E-state index in [0.717, 1.165) is 44.3 Å². The molecule has 0 radical (unpaired) electrons. The number of fused-ring (bicyclic) bond motifs is 17. The number of benzene rings is 12. The molecule has 12 aromatic carbocycles. The second-order valence-corrected chi connectivity index (χ2v) is 18.3. The van der Waals surface area contributed by atoms with Gasteiger partial charge in [0.15, 0.2) is 0 Å². The fraction of sp³-hybridized carbons (Fsp3) is 0. The lowest BCUT2D eigenvalue weighted by atomic mass is 9.82. The Morgan fingerprint density at radius 2 is 0.682 bits per heavy atom. The first kappa shape index (κ1) is 34.7. The van der Waals surface area contributed by atoms with Crippen LogP contribution in [0.4, 0.5) is 0 Å². The third-order valence-corrected chi connectivity index (χ3v) is 15.0. The van der Waals surface area contributed by atoms with Crippen LogP contribution in [0.2, 0.25) is 0 Å². The van der Waals surface area contributed by atoms with Gasteiger partial charge in [0.1, 0.15) is 0 Å². The molecular weight excluding hydrogens is 797 g/mol. The Labute approximate surface area is 378 Å². The molecule has 2 aliphatic rings. The zero-order valence-corrected chi connectivity index (χ0v) is 35.5. The molecule has 0 bridgehead atoms. The van der Waals surface area contributed by atoms with Crippen molar-refractivity contribution < 1.29 is 0 Å². The van der Waals surface area contributed by atoms with Crippen molar-refractivity contribution in [2.45, 2.75) is 0 Å². The summed E-state index contributed by atoms with van der Waals surface area (Å²) < 4.78 is 0. The van der Waals surface area contributed by atoms with Gasteiger partial charge in [0.05, 0.1) is 22.4 Å². The molecule has 14 aromatic rings. The second kappa shape index (κ2) is 12.5. The van der Waals surface area contributed by atoms with Crippen LogP contribution in [0, 0.1) is 0 Å². The van der Waals surface area contributed by atoms with Crippen molar-refractivity contribution in [3.63, 3.8) is 0 Å². The molecule has 16 rings (SSSR count). The first-order valence-corrected chi connectivity index (χ1v) is 22.9. The van der Waals surface area contributed by atoms with Crippen molar-refractivity contribution in [2.24, 2.45) is 0 Å².